The van der Waals surface area contributed by atoms with Crippen molar-refractivity contribution in [3.8, 4) is 5.69 Å². The Balaban J connectivity index is 0.000000155. The Morgan fingerprint density at radius 2 is 1.35 bits per heavy atom. The second-order valence-corrected chi connectivity index (χ2v) is 14.5. The van der Waals surface area contributed by atoms with E-state index in [1.807, 2.05) is 54.6 Å². The van der Waals surface area contributed by atoms with E-state index in [4.69, 9.17) is 29.2 Å². The van der Waals surface area contributed by atoms with Gasteiger partial charge in [-0.1, -0.05) is 18.2 Å². The van der Waals surface area contributed by atoms with Crippen LogP contribution in [0, 0.1) is 7.14 Å². The molecule has 0 spiro atoms. The van der Waals surface area contributed by atoms with E-state index in [9.17, 15) is 9.59 Å². The minimum absolute atomic E-state index is 0.266. The van der Waals surface area contributed by atoms with E-state index in [-0.39, 0.29) is 5.69 Å². The summed E-state index contributed by atoms with van der Waals surface area (Å²) in [6, 6.07) is 22.5. The topological polar surface area (TPSA) is 190 Å². The second kappa shape index (κ2) is 19.0. The minimum Gasteiger partial charge on any atom is -0.464 e. The van der Waals surface area contributed by atoms with E-state index >= 15 is 0 Å². The minimum atomic E-state index is -1.35. The maximum absolute atomic E-state index is 12.2. The smallest absolute Gasteiger partial charge is 0.464 e. The Morgan fingerprint density at radius 1 is 0.764 bits per heavy atom. The standard InChI is InChI=1S/C18H17IN4O3.C12H14N4O3.C6H6BIO2/c1-25-18(24)16-14-5-6-15(22-7-9-26-10-8-22)20-17(14)23(21-16)13-4-2-3-12(19)11-13;1-18-12(17)10-8-2-3-9(13-11(8)15-14-10)16-4-6-19-7-5-16;8-6-3-1-2-5(4-6)7(9)10/h2-6,11H,7-10H2,1H3;2-3H,4-7H2,1H3,(H,13,14,15);1-4,9-10H. The molecule has 4 aromatic heterocycles. The van der Waals surface area contributed by atoms with Crippen LogP contribution in [-0.2, 0) is 18.9 Å². The lowest BCUT2D eigenvalue weighted by Gasteiger charge is -2.27. The van der Waals surface area contributed by atoms with Crippen LogP contribution in [0.1, 0.15) is 21.0 Å². The molecule has 0 aliphatic carbocycles. The molecular formula is C36H37BI2N8O8. The van der Waals surface area contributed by atoms with Gasteiger partial charge in [0.15, 0.2) is 22.7 Å². The van der Waals surface area contributed by atoms with E-state index in [2.05, 4.69) is 80.0 Å². The molecule has 55 heavy (non-hydrogen) atoms. The van der Waals surface area contributed by atoms with E-state index in [0.717, 1.165) is 50.6 Å². The number of rotatable bonds is 6. The summed E-state index contributed by atoms with van der Waals surface area (Å²) < 4.78 is 24.1. The Labute approximate surface area is 343 Å². The second-order valence-electron chi connectivity index (χ2n) is 12.0. The maximum Gasteiger partial charge on any atom is 0.488 e. The monoisotopic (exact) mass is 974 g/mol. The summed E-state index contributed by atoms with van der Waals surface area (Å²) in [5.74, 6) is 0.784. The Bertz CT molecular complexity index is 2260. The fourth-order valence-corrected chi connectivity index (χ4v) is 6.86. The third-order valence-electron chi connectivity index (χ3n) is 8.56. The quantitative estimate of drug-likeness (QED) is 0.125. The van der Waals surface area contributed by atoms with Crippen LogP contribution in [0.25, 0.3) is 27.8 Å². The van der Waals surface area contributed by atoms with Crippen molar-refractivity contribution in [3.05, 3.63) is 91.3 Å². The van der Waals surface area contributed by atoms with Gasteiger partial charge in [0.2, 0.25) is 0 Å². The number of anilines is 2. The molecule has 6 aromatic rings. The molecule has 2 saturated heterocycles. The van der Waals surface area contributed by atoms with Crippen molar-refractivity contribution in [3.63, 3.8) is 0 Å². The molecule has 6 heterocycles. The van der Waals surface area contributed by atoms with Gasteiger partial charge < -0.3 is 38.8 Å². The predicted molar refractivity (Wildman–Crippen MR) is 223 cm³/mol. The molecule has 2 fully saturated rings. The lowest BCUT2D eigenvalue weighted by atomic mass is 9.81. The van der Waals surface area contributed by atoms with E-state index in [1.54, 1.807) is 22.9 Å². The summed E-state index contributed by atoms with van der Waals surface area (Å²) in [7, 11) is 1.34. The molecule has 0 bridgehead atoms. The molecular weight excluding hydrogens is 937 g/mol. The summed E-state index contributed by atoms with van der Waals surface area (Å²) in [6.45, 7) is 5.98. The number of esters is 2. The van der Waals surface area contributed by atoms with E-state index in [0.29, 0.717) is 59.7 Å². The Morgan fingerprint density at radius 3 is 1.91 bits per heavy atom. The first kappa shape index (κ1) is 40.3. The highest BCUT2D eigenvalue weighted by Crippen LogP contribution is 2.26. The van der Waals surface area contributed by atoms with Gasteiger partial charge in [0.05, 0.1) is 57.1 Å². The first-order chi connectivity index (χ1) is 26.7. The molecule has 0 saturated carbocycles. The fourth-order valence-electron chi connectivity index (χ4n) is 5.77. The number of aromatic amines is 1. The largest absolute Gasteiger partial charge is 0.488 e. The SMILES string of the molecule is COC(=O)c1[nH]nc2nc(N3CCOCC3)ccc12.COC(=O)c1nn(-c2cccc(I)c2)c2nc(N3CCOCC3)ccc12.OB(O)c1cccc(I)c1. The Kier molecular flexibility index (Phi) is 13.9. The van der Waals surface area contributed by atoms with Crippen molar-refractivity contribution in [1.82, 2.24) is 29.9 Å². The summed E-state index contributed by atoms with van der Waals surface area (Å²) in [5, 5.41) is 29.9. The number of nitrogens with zero attached hydrogens (tertiary/aromatic N) is 7. The summed E-state index contributed by atoms with van der Waals surface area (Å²) in [6.07, 6.45) is 0. The van der Waals surface area contributed by atoms with Crippen molar-refractivity contribution >= 4 is 103 Å². The van der Waals surface area contributed by atoms with Crippen LogP contribution in [0.15, 0.2) is 72.8 Å². The highest BCUT2D eigenvalue weighted by atomic mass is 127. The zero-order chi connectivity index (χ0) is 38.9. The van der Waals surface area contributed by atoms with Crippen molar-refractivity contribution in [2.45, 2.75) is 0 Å². The van der Waals surface area contributed by atoms with E-state index in [1.165, 1.54) is 14.2 Å². The first-order valence-corrected chi connectivity index (χ1v) is 19.3. The average molecular weight is 974 g/mol. The van der Waals surface area contributed by atoms with Crippen molar-refractivity contribution in [2.24, 2.45) is 0 Å². The van der Waals surface area contributed by atoms with Crippen LogP contribution in [0.3, 0.4) is 0 Å². The maximum atomic E-state index is 12.2. The molecule has 8 rings (SSSR count). The summed E-state index contributed by atoms with van der Waals surface area (Å²) in [4.78, 5) is 37.3. The number of ether oxygens (including phenoxy) is 4. The third kappa shape index (κ3) is 9.88. The van der Waals surface area contributed by atoms with Gasteiger partial charge in [0.1, 0.15) is 11.6 Å². The molecule has 0 radical (unpaired) electrons. The van der Waals surface area contributed by atoms with Gasteiger partial charge in [-0.05, 0) is 105 Å². The molecule has 16 nitrogen and oxygen atoms in total. The number of carbonyl (C=O) groups excluding carboxylic acids is 2. The lowest BCUT2D eigenvalue weighted by molar-refractivity contribution is 0.0587. The zero-order valence-corrected chi connectivity index (χ0v) is 34.2. The Hall–Kier alpha value is -4.42. The molecule has 2 aliphatic heterocycles. The van der Waals surface area contributed by atoms with Gasteiger partial charge in [0.25, 0.3) is 0 Å². The number of H-pyrrole nitrogens is 1. The van der Waals surface area contributed by atoms with Gasteiger partial charge >= 0.3 is 19.1 Å². The summed E-state index contributed by atoms with van der Waals surface area (Å²) >= 11 is 4.37. The highest BCUT2D eigenvalue weighted by Gasteiger charge is 2.22. The van der Waals surface area contributed by atoms with Crippen LogP contribution in [0.2, 0.25) is 0 Å². The predicted octanol–water partition coefficient (Wildman–Crippen LogP) is 3.20. The normalized spacial score (nSPS) is 14.1. The number of aromatic nitrogens is 6. The number of hydrogen-bond acceptors (Lipinski definition) is 14. The van der Waals surface area contributed by atoms with Gasteiger partial charge in [-0.3, -0.25) is 5.10 Å². The molecule has 2 aliphatic rings. The average Bonchev–Trinajstić information content (AvgIpc) is 3.83. The van der Waals surface area contributed by atoms with Crippen molar-refractivity contribution in [1.29, 1.82) is 0 Å². The number of benzene rings is 2. The summed E-state index contributed by atoms with van der Waals surface area (Å²) in [5.41, 5.74) is 3.14. The van der Waals surface area contributed by atoms with Gasteiger partial charge in [0, 0.05) is 33.3 Å². The van der Waals surface area contributed by atoms with Crippen LogP contribution < -0.4 is 15.3 Å². The molecule has 19 heteroatoms. The zero-order valence-electron chi connectivity index (χ0n) is 29.9. The van der Waals surface area contributed by atoms with Gasteiger partial charge in [-0.25, -0.2) is 24.2 Å². The molecule has 286 valence electrons. The first-order valence-electron chi connectivity index (χ1n) is 17.1. The number of halogens is 2. The van der Waals surface area contributed by atoms with E-state index < -0.39 is 19.1 Å². The number of methoxy groups -OCH3 is 2. The lowest BCUT2D eigenvalue weighted by Crippen LogP contribution is -2.36. The van der Waals surface area contributed by atoms with Crippen LogP contribution >= 0.6 is 45.2 Å². The number of fused-ring (bicyclic) bond motifs is 2. The number of carbonyl (C=O) groups is 2. The highest BCUT2D eigenvalue weighted by molar-refractivity contribution is 14.1. The molecule has 0 unspecified atom stereocenters. The number of nitrogens with one attached hydrogen (secondary N) is 1. The van der Waals surface area contributed by atoms with Crippen LogP contribution in [-0.4, -0.2) is 126 Å². The van der Waals surface area contributed by atoms with Gasteiger partial charge in [-0.2, -0.15) is 10.2 Å². The molecule has 0 atom stereocenters. The fraction of sp³-hybridized carbons (Fsp3) is 0.278. The number of pyridine rings is 2. The molecule has 2 aromatic carbocycles. The third-order valence-corrected chi connectivity index (χ3v) is 9.90. The molecule has 3 N–H and O–H groups in total. The van der Waals surface area contributed by atoms with Crippen LogP contribution in [0.5, 0.6) is 0 Å². The molecule has 0 amide bonds. The van der Waals surface area contributed by atoms with Gasteiger partial charge in [-0.15, -0.1) is 0 Å². The number of hydrogen-bond donors (Lipinski definition) is 3. The van der Waals surface area contributed by atoms with Crippen molar-refractivity contribution < 1.29 is 38.6 Å². The number of morpholine rings is 2. The van der Waals surface area contributed by atoms with Crippen molar-refractivity contribution in [2.75, 3.05) is 76.6 Å². The van der Waals surface area contributed by atoms with Crippen LogP contribution in [0.4, 0.5) is 11.6 Å².